The summed E-state index contributed by atoms with van der Waals surface area (Å²) in [6.45, 7) is 5.83. The van der Waals surface area contributed by atoms with Crippen molar-refractivity contribution in [2.24, 2.45) is 0 Å². The van der Waals surface area contributed by atoms with Crippen molar-refractivity contribution in [2.75, 3.05) is 13.2 Å². The zero-order chi connectivity index (χ0) is 56.1. The molecule has 8 unspecified atom stereocenters. The molecule has 0 aromatic rings. The van der Waals surface area contributed by atoms with Crippen LogP contribution in [0.2, 0.25) is 0 Å². The Balaban J connectivity index is 2.58. The molecule has 1 rings (SSSR count). The fourth-order valence-electron chi connectivity index (χ4n) is 10.9. The van der Waals surface area contributed by atoms with Crippen LogP contribution in [0.4, 0.5) is 0 Å². The molecule has 6 N–H and O–H groups in total. The predicted octanol–water partition coefficient (Wildman–Crippen LogP) is 16.3. The summed E-state index contributed by atoms with van der Waals surface area (Å²) in [4.78, 5) is 26.6. The molecule has 1 fully saturated rings. The Kier molecular flexibility index (Phi) is 52.4. The molecule has 456 valence electrons. The van der Waals surface area contributed by atoms with Gasteiger partial charge in [-0.2, -0.15) is 0 Å². The van der Waals surface area contributed by atoms with E-state index in [1.165, 1.54) is 231 Å². The molecule has 0 spiro atoms. The fraction of sp³-hybridized carbons (Fsp3) is 0.939. The van der Waals surface area contributed by atoms with Crippen LogP contribution in [0.1, 0.15) is 335 Å². The molecule has 1 heterocycles. The van der Waals surface area contributed by atoms with Crippen LogP contribution in [-0.2, 0) is 23.8 Å². The summed E-state index contributed by atoms with van der Waals surface area (Å²) >= 11 is 0. The molecule has 11 nitrogen and oxygen atoms in total. The number of carbonyl (C=O) groups is 2. The number of esters is 1. The van der Waals surface area contributed by atoms with Crippen LogP contribution in [0.5, 0.6) is 0 Å². The standard InChI is InChI=1S/C66H127NO10/c1-4-7-10-13-16-19-22-24-26-27-28-29-30-31-32-34-35-38-41-44-47-50-53-59(70)65(74)67-57(58(69)52-49-46-43-40-37-21-18-15-12-9-6-3)56-75-66-64(63(73)62(72)60(55-68)76-66)77-61(71)54-51-48-45-42-39-36-33-25-23-20-17-14-11-8-5-2/h49,52,57-60,62-64,66,68-70,72-73H,4-48,50-51,53-56H2,1-3H3,(H,67,74)/b52-49+. The van der Waals surface area contributed by atoms with E-state index in [9.17, 15) is 35.1 Å². The highest BCUT2D eigenvalue weighted by Crippen LogP contribution is 2.26. The first-order chi connectivity index (χ1) is 37.7. The monoisotopic (exact) mass is 1090 g/mol. The van der Waals surface area contributed by atoms with Crippen LogP contribution in [0, 0.1) is 0 Å². The maximum Gasteiger partial charge on any atom is 0.306 e. The number of nitrogens with one attached hydrogen (secondary N) is 1. The van der Waals surface area contributed by atoms with E-state index in [-0.39, 0.29) is 13.0 Å². The molecule has 0 bridgehead atoms. The number of aliphatic hydroxyl groups is 5. The molecule has 1 aliphatic heterocycles. The van der Waals surface area contributed by atoms with Gasteiger partial charge in [0.05, 0.1) is 25.4 Å². The van der Waals surface area contributed by atoms with Gasteiger partial charge in [-0.3, -0.25) is 9.59 Å². The summed E-state index contributed by atoms with van der Waals surface area (Å²) in [5, 5.41) is 57.0. The van der Waals surface area contributed by atoms with Gasteiger partial charge < -0.3 is 45.1 Å². The molecular formula is C66H127NO10. The number of hydrogen-bond acceptors (Lipinski definition) is 10. The maximum absolute atomic E-state index is 13.4. The van der Waals surface area contributed by atoms with Gasteiger partial charge in [-0.05, 0) is 25.7 Å². The number of amides is 1. The van der Waals surface area contributed by atoms with E-state index in [0.29, 0.717) is 19.3 Å². The number of allylic oxidation sites excluding steroid dienone is 1. The molecular weight excluding hydrogens is 967 g/mol. The zero-order valence-corrected chi connectivity index (χ0v) is 50.6. The van der Waals surface area contributed by atoms with Crippen molar-refractivity contribution in [3.05, 3.63) is 12.2 Å². The normalized spacial score (nSPS) is 19.0. The summed E-state index contributed by atoms with van der Waals surface area (Å²) < 4.78 is 17.6. The lowest BCUT2D eigenvalue weighted by atomic mass is 9.99. The van der Waals surface area contributed by atoms with Crippen LogP contribution in [0.3, 0.4) is 0 Å². The van der Waals surface area contributed by atoms with Crippen molar-refractivity contribution in [1.82, 2.24) is 5.32 Å². The lowest BCUT2D eigenvalue weighted by Crippen LogP contribution is -2.61. The van der Waals surface area contributed by atoms with E-state index in [0.717, 1.165) is 57.8 Å². The second-order valence-electron chi connectivity index (χ2n) is 23.6. The second kappa shape index (κ2) is 55.0. The Hall–Kier alpha value is -1.60. The van der Waals surface area contributed by atoms with Crippen LogP contribution in [-0.4, -0.2) is 99.6 Å². The Labute approximate surface area is 474 Å². The molecule has 0 radical (unpaired) electrons. The topological polar surface area (TPSA) is 175 Å². The Bertz CT molecular complexity index is 1300. The van der Waals surface area contributed by atoms with Crippen LogP contribution < -0.4 is 5.32 Å². The van der Waals surface area contributed by atoms with Crippen molar-refractivity contribution >= 4 is 11.9 Å². The van der Waals surface area contributed by atoms with E-state index in [2.05, 4.69) is 26.1 Å². The zero-order valence-electron chi connectivity index (χ0n) is 50.6. The highest BCUT2D eigenvalue weighted by Gasteiger charge is 2.47. The molecule has 0 saturated carbocycles. The molecule has 77 heavy (non-hydrogen) atoms. The highest BCUT2D eigenvalue weighted by molar-refractivity contribution is 5.80. The molecule has 11 heteroatoms. The third-order valence-corrected chi connectivity index (χ3v) is 16.2. The van der Waals surface area contributed by atoms with Crippen LogP contribution in [0.25, 0.3) is 0 Å². The smallest absolute Gasteiger partial charge is 0.306 e. The van der Waals surface area contributed by atoms with Crippen LogP contribution >= 0.6 is 0 Å². The third-order valence-electron chi connectivity index (χ3n) is 16.2. The van der Waals surface area contributed by atoms with Crippen LogP contribution in [0.15, 0.2) is 12.2 Å². The lowest BCUT2D eigenvalue weighted by molar-refractivity contribution is -0.305. The molecule has 1 aliphatic rings. The van der Waals surface area contributed by atoms with Crippen molar-refractivity contribution in [1.29, 1.82) is 0 Å². The second-order valence-corrected chi connectivity index (χ2v) is 23.6. The number of ether oxygens (including phenoxy) is 3. The Morgan fingerprint density at radius 3 is 1.22 bits per heavy atom. The van der Waals surface area contributed by atoms with Gasteiger partial charge >= 0.3 is 5.97 Å². The first-order valence-corrected chi connectivity index (χ1v) is 33.5. The molecule has 8 atom stereocenters. The number of aliphatic hydroxyl groups excluding tert-OH is 5. The van der Waals surface area contributed by atoms with E-state index in [1.54, 1.807) is 6.08 Å². The van der Waals surface area contributed by atoms with Gasteiger partial charge in [0.25, 0.3) is 0 Å². The molecule has 0 aromatic carbocycles. The number of hydrogen-bond donors (Lipinski definition) is 6. The minimum absolute atomic E-state index is 0.131. The maximum atomic E-state index is 13.4. The largest absolute Gasteiger partial charge is 0.454 e. The first-order valence-electron chi connectivity index (χ1n) is 33.5. The van der Waals surface area contributed by atoms with Crippen molar-refractivity contribution in [2.45, 2.75) is 384 Å². The van der Waals surface area contributed by atoms with E-state index in [1.807, 2.05) is 6.08 Å². The highest BCUT2D eigenvalue weighted by atomic mass is 16.7. The van der Waals surface area contributed by atoms with Gasteiger partial charge in [0.1, 0.15) is 24.4 Å². The van der Waals surface area contributed by atoms with Gasteiger partial charge in [-0.15, -0.1) is 0 Å². The molecule has 0 aliphatic carbocycles. The average molecular weight is 1090 g/mol. The van der Waals surface area contributed by atoms with Crippen molar-refractivity contribution in [3.8, 4) is 0 Å². The van der Waals surface area contributed by atoms with Gasteiger partial charge in [-0.25, -0.2) is 0 Å². The molecule has 0 aromatic heterocycles. The van der Waals surface area contributed by atoms with Crippen molar-refractivity contribution in [3.63, 3.8) is 0 Å². The summed E-state index contributed by atoms with van der Waals surface area (Å²) in [5.41, 5.74) is 0. The summed E-state index contributed by atoms with van der Waals surface area (Å²) in [6, 6.07) is -1.02. The van der Waals surface area contributed by atoms with Crippen molar-refractivity contribution < 1.29 is 49.3 Å². The van der Waals surface area contributed by atoms with Gasteiger partial charge in [0.15, 0.2) is 12.4 Å². The quantitative estimate of drug-likeness (QED) is 0.0195. The van der Waals surface area contributed by atoms with E-state index in [4.69, 9.17) is 14.2 Å². The van der Waals surface area contributed by atoms with Gasteiger partial charge in [-0.1, -0.05) is 315 Å². The van der Waals surface area contributed by atoms with E-state index < -0.39 is 67.4 Å². The Morgan fingerprint density at radius 2 is 0.844 bits per heavy atom. The number of rotatable bonds is 58. The summed E-state index contributed by atoms with van der Waals surface area (Å²) in [6.07, 6.45) is 52.6. The third kappa shape index (κ3) is 42.9. The lowest BCUT2D eigenvalue weighted by Gasteiger charge is -2.41. The Morgan fingerprint density at radius 1 is 0.494 bits per heavy atom. The minimum atomic E-state index is -1.61. The average Bonchev–Trinajstić information content (AvgIpc) is 3.43. The fourth-order valence-corrected chi connectivity index (χ4v) is 10.9. The first kappa shape index (κ1) is 73.4. The molecule has 1 amide bonds. The predicted molar refractivity (Wildman–Crippen MR) is 320 cm³/mol. The van der Waals surface area contributed by atoms with Gasteiger partial charge in [0.2, 0.25) is 5.91 Å². The SMILES string of the molecule is CCCCCCCCCCC/C=C/C(O)C(COC1OC(CO)C(O)C(O)C1OC(=O)CCCCCCCCCCCCCCCCC)NC(=O)C(O)CCCCCCCCCCCCCCCCCCCCCCCC. The van der Waals surface area contributed by atoms with Gasteiger partial charge in [0, 0.05) is 6.42 Å². The number of unbranched alkanes of at least 4 members (excludes halogenated alkanes) is 44. The summed E-state index contributed by atoms with van der Waals surface area (Å²) in [5.74, 6) is -1.17. The number of carbonyl (C=O) groups excluding carboxylic acids is 2. The molecule has 1 saturated heterocycles. The summed E-state index contributed by atoms with van der Waals surface area (Å²) in [7, 11) is 0. The minimum Gasteiger partial charge on any atom is -0.454 e. The van der Waals surface area contributed by atoms with E-state index >= 15 is 0 Å².